The summed E-state index contributed by atoms with van der Waals surface area (Å²) in [5, 5.41) is 0. The van der Waals surface area contributed by atoms with Gasteiger partial charge in [0, 0.05) is 5.56 Å². The molecule has 1 atom stereocenters. The Bertz CT molecular complexity index is 979. The Hall–Kier alpha value is -2.76. The maximum Gasteiger partial charge on any atom is 0.298 e. The monoisotopic (exact) mass is 366 g/mol. The summed E-state index contributed by atoms with van der Waals surface area (Å²) in [6, 6.07) is 23.5. The minimum atomic E-state index is -4.10. The highest BCUT2D eigenvalue weighted by Crippen LogP contribution is 2.27. The van der Waals surface area contributed by atoms with Crippen molar-refractivity contribution in [1.82, 2.24) is 0 Å². The van der Waals surface area contributed by atoms with Crippen LogP contribution in [0.1, 0.15) is 27.6 Å². The largest absolute Gasteiger partial charge is 0.298 e. The highest BCUT2D eigenvalue weighted by molar-refractivity contribution is 7.86. The Kier molecular flexibility index (Phi) is 5.30. The van der Waals surface area contributed by atoms with Gasteiger partial charge in [-0.1, -0.05) is 78.4 Å². The van der Waals surface area contributed by atoms with E-state index in [1.165, 1.54) is 12.1 Å². The van der Waals surface area contributed by atoms with E-state index in [4.69, 9.17) is 4.18 Å². The molecule has 5 heteroatoms. The second kappa shape index (κ2) is 7.64. The summed E-state index contributed by atoms with van der Waals surface area (Å²) < 4.78 is 30.8. The summed E-state index contributed by atoms with van der Waals surface area (Å²) in [5.41, 5.74) is 1.81. The fourth-order valence-corrected chi connectivity index (χ4v) is 3.55. The number of Topliss-reactive ketones (excluding diaryl/α,β-unsaturated/α-hetero) is 1. The Morgan fingerprint density at radius 3 is 1.92 bits per heavy atom. The van der Waals surface area contributed by atoms with E-state index in [0.717, 1.165) is 5.56 Å². The Balaban J connectivity index is 1.99. The predicted molar refractivity (Wildman–Crippen MR) is 99.4 cm³/mol. The van der Waals surface area contributed by atoms with Crippen molar-refractivity contribution in [2.75, 3.05) is 0 Å². The van der Waals surface area contributed by atoms with Crippen LogP contribution in [0, 0.1) is 6.92 Å². The fraction of sp³-hybridized carbons (Fsp3) is 0.0952. The van der Waals surface area contributed by atoms with Gasteiger partial charge in [0.1, 0.15) is 0 Å². The molecule has 3 aromatic carbocycles. The number of hydrogen-bond acceptors (Lipinski definition) is 4. The number of aryl methyl sites for hydroxylation is 1. The number of carbonyl (C=O) groups is 1. The molecule has 0 heterocycles. The Labute approximate surface area is 153 Å². The zero-order chi connectivity index (χ0) is 18.6. The van der Waals surface area contributed by atoms with Gasteiger partial charge in [-0.05, 0) is 24.6 Å². The first-order chi connectivity index (χ1) is 12.5. The molecule has 0 aromatic heterocycles. The van der Waals surface area contributed by atoms with Crippen molar-refractivity contribution in [3.63, 3.8) is 0 Å². The van der Waals surface area contributed by atoms with Crippen molar-refractivity contribution in [3.8, 4) is 0 Å². The van der Waals surface area contributed by atoms with E-state index in [9.17, 15) is 13.2 Å². The number of rotatable bonds is 6. The molecule has 3 rings (SSSR count). The molecule has 0 N–H and O–H groups in total. The van der Waals surface area contributed by atoms with Crippen LogP contribution >= 0.6 is 0 Å². The number of benzene rings is 3. The van der Waals surface area contributed by atoms with Gasteiger partial charge in [-0.25, -0.2) is 4.18 Å². The van der Waals surface area contributed by atoms with Gasteiger partial charge in [0.25, 0.3) is 10.1 Å². The molecule has 4 nitrogen and oxygen atoms in total. The second-order valence-electron chi connectivity index (χ2n) is 5.88. The summed E-state index contributed by atoms with van der Waals surface area (Å²) in [4.78, 5) is 12.9. The first-order valence-corrected chi connectivity index (χ1v) is 9.52. The van der Waals surface area contributed by atoms with Gasteiger partial charge < -0.3 is 0 Å². The van der Waals surface area contributed by atoms with Crippen molar-refractivity contribution in [2.45, 2.75) is 17.9 Å². The summed E-state index contributed by atoms with van der Waals surface area (Å²) in [6.07, 6.45) is -1.25. The van der Waals surface area contributed by atoms with Crippen LogP contribution in [-0.4, -0.2) is 14.2 Å². The van der Waals surface area contributed by atoms with Crippen LogP contribution < -0.4 is 0 Å². The highest BCUT2D eigenvalue weighted by Gasteiger charge is 2.29. The third-order valence-electron chi connectivity index (χ3n) is 3.93. The van der Waals surface area contributed by atoms with Crippen LogP contribution in [0.25, 0.3) is 0 Å². The van der Waals surface area contributed by atoms with E-state index in [1.54, 1.807) is 72.8 Å². The summed E-state index contributed by atoms with van der Waals surface area (Å²) >= 11 is 0. The van der Waals surface area contributed by atoms with Crippen LogP contribution in [-0.2, 0) is 14.3 Å². The maximum atomic E-state index is 12.9. The van der Waals surface area contributed by atoms with Crippen LogP contribution in [0.5, 0.6) is 0 Å². The molecule has 0 bridgehead atoms. The van der Waals surface area contributed by atoms with Crippen molar-refractivity contribution >= 4 is 15.9 Å². The van der Waals surface area contributed by atoms with E-state index in [1.807, 2.05) is 6.92 Å². The lowest BCUT2D eigenvalue weighted by molar-refractivity contribution is 0.0801. The quantitative estimate of drug-likeness (QED) is 0.481. The molecule has 132 valence electrons. The van der Waals surface area contributed by atoms with Crippen molar-refractivity contribution < 1.29 is 17.4 Å². The van der Waals surface area contributed by atoms with Crippen molar-refractivity contribution in [1.29, 1.82) is 0 Å². The summed E-state index contributed by atoms with van der Waals surface area (Å²) in [7, 11) is -4.10. The molecule has 0 spiro atoms. The van der Waals surface area contributed by atoms with Gasteiger partial charge >= 0.3 is 0 Å². The zero-order valence-electron chi connectivity index (χ0n) is 14.2. The first kappa shape index (κ1) is 18.0. The van der Waals surface area contributed by atoms with Gasteiger partial charge in [0.15, 0.2) is 11.9 Å². The molecule has 0 aliphatic heterocycles. The van der Waals surface area contributed by atoms with E-state index in [0.29, 0.717) is 11.1 Å². The van der Waals surface area contributed by atoms with Crippen LogP contribution in [0.3, 0.4) is 0 Å². The van der Waals surface area contributed by atoms with Crippen LogP contribution in [0.4, 0.5) is 0 Å². The number of carbonyl (C=O) groups excluding carboxylic acids is 1. The van der Waals surface area contributed by atoms with Crippen molar-refractivity contribution in [3.05, 3.63) is 102 Å². The van der Waals surface area contributed by atoms with Gasteiger partial charge in [0.2, 0.25) is 0 Å². The predicted octanol–water partition coefficient (Wildman–Crippen LogP) is 4.32. The van der Waals surface area contributed by atoms with E-state index < -0.39 is 22.0 Å². The maximum absolute atomic E-state index is 12.9. The molecule has 0 aliphatic rings. The molecule has 0 saturated carbocycles. The summed E-state index contributed by atoms with van der Waals surface area (Å²) in [5.74, 6) is -0.410. The molecule has 0 amide bonds. The third kappa shape index (κ3) is 4.07. The molecule has 3 aromatic rings. The lowest BCUT2D eigenvalue weighted by Gasteiger charge is -2.17. The van der Waals surface area contributed by atoms with Crippen molar-refractivity contribution in [2.24, 2.45) is 0 Å². The molecule has 26 heavy (non-hydrogen) atoms. The van der Waals surface area contributed by atoms with Gasteiger partial charge in [-0.15, -0.1) is 0 Å². The molecule has 0 aliphatic carbocycles. The number of ketones is 1. The molecule has 0 fully saturated rings. The minimum Gasteiger partial charge on any atom is -0.291 e. The Morgan fingerprint density at radius 1 is 0.808 bits per heavy atom. The third-order valence-corrected chi connectivity index (χ3v) is 5.23. The second-order valence-corrected chi connectivity index (χ2v) is 7.46. The zero-order valence-corrected chi connectivity index (χ0v) is 15.0. The lowest BCUT2D eigenvalue weighted by Crippen LogP contribution is -2.20. The smallest absolute Gasteiger partial charge is 0.291 e. The SMILES string of the molecule is Cc1ccc(S(=O)(=O)O[C@@H](C(=O)c2ccccc2)c2ccccc2)cc1. The highest BCUT2D eigenvalue weighted by atomic mass is 32.2. The molecular weight excluding hydrogens is 348 g/mol. The van der Waals surface area contributed by atoms with E-state index in [-0.39, 0.29) is 4.90 Å². The van der Waals surface area contributed by atoms with Crippen LogP contribution in [0.15, 0.2) is 89.8 Å². The molecular formula is C21H18O4S. The van der Waals surface area contributed by atoms with Gasteiger partial charge in [0.05, 0.1) is 4.90 Å². The lowest BCUT2D eigenvalue weighted by atomic mass is 10.0. The van der Waals surface area contributed by atoms with E-state index in [2.05, 4.69) is 0 Å². The molecule has 0 saturated heterocycles. The average molecular weight is 366 g/mol. The Morgan fingerprint density at radius 2 is 1.35 bits per heavy atom. The average Bonchev–Trinajstić information content (AvgIpc) is 2.67. The first-order valence-electron chi connectivity index (χ1n) is 8.11. The number of hydrogen-bond donors (Lipinski definition) is 0. The molecule has 0 radical (unpaired) electrons. The van der Waals surface area contributed by atoms with Gasteiger partial charge in [-0.3, -0.25) is 4.79 Å². The van der Waals surface area contributed by atoms with Gasteiger partial charge in [-0.2, -0.15) is 8.42 Å². The standard InChI is InChI=1S/C21H18O4S/c1-16-12-14-19(15-13-16)26(23,24)25-21(18-10-6-3-7-11-18)20(22)17-8-4-2-5-9-17/h2-15,21H,1H3/t21-/m1/s1. The van der Waals surface area contributed by atoms with E-state index >= 15 is 0 Å². The van der Waals surface area contributed by atoms with Crippen LogP contribution in [0.2, 0.25) is 0 Å². The normalized spacial score (nSPS) is 12.5. The minimum absolute atomic E-state index is 0.0184. The topological polar surface area (TPSA) is 60.4 Å². The fourth-order valence-electron chi connectivity index (χ4n) is 2.52. The molecule has 0 unspecified atom stereocenters. The summed E-state index contributed by atoms with van der Waals surface area (Å²) in [6.45, 7) is 1.86.